The number of carbonyl (C=O) groups is 1. The lowest BCUT2D eigenvalue weighted by Crippen LogP contribution is -2.34. The maximum atomic E-state index is 13.6. The van der Waals surface area contributed by atoms with E-state index in [9.17, 15) is 9.18 Å². The molecule has 142 valence electrons. The highest BCUT2D eigenvalue weighted by Gasteiger charge is 2.41. The van der Waals surface area contributed by atoms with Gasteiger partial charge in [-0.2, -0.15) is 14.4 Å². The number of hydrogen-bond donors (Lipinski definition) is 1. The SMILES string of the molecule is C#CC1(COC(=O)c2ccccc2)CCC(n2cnc3c(N)nc(F)nc32)O1. The summed E-state index contributed by atoms with van der Waals surface area (Å²) in [6.07, 6.45) is 6.56. The normalized spacial score (nSPS) is 21.5. The van der Waals surface area contributed by atoms with Gasteiger partial charge in [0.25, 0.3) is 0 Å². The number of imidazole rings is 1. The minimum Gasteiger partial charge on any atom is -0.458 e. The minimum atomic E-state index is -1.09. The highest BCUT2D eigenvalue weighted by Crippen LogP contribution is 2.38. The topological polar surface area (TPSA) is 105 Å². The van der Waals surface area contributed by atoms with Gasteiger partial charge in [0.05, 0.1) is 11.9 Å². The predicted octanol–water partition coefficient (Wildman–Crippen LogP) is 2.09. The summed E-state index contributed by atoms with van der Waals surface area (Å²) in [5, 5.41) is 0. The molecule has 2 aromatic heterocycles. The van der Waals surface area contributed by atoms with E-state index in [4.69, 9.17) is 21.6 Å². The third kappa shape index (κ3) is 3.14. The zero-order valence-electron chi connectivity index (χ0n) is 14.7. The number of anilines is 1. The maximum absolute atomic E-state index is 13.6. The molecule has 3 heterocycles. The number of fused-ring (bicyclic) bond motifs is 1. The molecule has 1 aliphatic rings. The molecular weight excluding hydrogens is 365 g/mol. The first kappa shape index (κ1) is 17.9. The van der Waals surface area contributed by atoms with Crippen molar-refractivity contribution in [3.05, 3.63) is 48.3 Å². The Balaban J connectivity index is 1.52. The van der Waals surface area contributed by atoms with E-state index in [0.29, 0.717) is 18.4 Å². The predicted molar refractivity (Wildman–Crippen MR) is 97.3 cm³/mol. The van der Waals surface area contributed by atoms with Gasteiger partial charge < -0.3 is 15.2 Å². The molecule has 2 N–H and O–H groups in total. The summed E-state index contributed by atoms with van der Waals surface area (Å²) in [5.41, 5.74) is 5.51. The number of terminal acetylenes is 1. The summed E-state index contributed by atoms with van der Waals surface area (Å²) >= 11 is 0. The van der Waals surface area contributed by atoms with Crippen molar-refractivity contribution in [2.45, 2.75) is 24.7 Å². The Kier molecular flexibility index (Phi) is 4.41. The zero-order chi connectivity index (χ0) is 19.7. The molecule has 28 heavy (non-hydrogen) atoms. The van der Waals surface area contributed by atoms with Crippen molar-refractivity contribution in [2.24, 2.45) is 0 Å². The first-order valence-electron chi connectivity index (χ1n) is 8.55. The maximum Gasteiger partial charge on any atom is 0.338 e. The Hall–Kier alpha value is -3.51. The average molecular weight is 381 g/mol. The van der Waals surface area contributed by atoms with Gasteiger partial charge in [0.2, 0.25) is 0 Å². The first-order valence-corrected chi connectivity index (χ1v) is 8.55. The molecule has 1 aliphatic heterocycles. The molecule has 0 saturated carbocycles. The van der Waals surface area contributed by atoms with Crippen molar-refractivity contribution in [3.8, 4) is 12.3 Å². The van der Waals surface area contributed by atoms with Crippen LogP contribution in [0.4, 0.5) is 10.2 Å². The van der Waals surface area contributed by atoms with Gasteiger partial charge in [0.1, 0.15) is 12.8 Å². The second-order valence-corrected chi connectivity index (χ2v) is 6.39. The summed E-state index contributed by atoms with van der Waals surface area (Å²) in [5.74, 6) is 2.04. The van der Waals surface area contributed by atoms with Gasteiger partial charge in [0.15, 0.2) is 22.6 Å². The van der Waals surface area contributed by atoms with Crippen LogP contribution in [0.15, 0.2) is 36.7 Å². The monoisotopic (exact) mass is 381 g/mol. The summed E-state index contributed by atoms with van der Waals surface area (Å²) in [7, 11) is 0. The molecule has 4 rings (SSSR count). The lowest BCUT2D eigenvalue weighted by Gasteiger charge is -2.23. The molecule has 0 amide bonds. The zero-order valence-corrected chi connectivity index (χ0v) is 14.7. The molecule has 3 aromatic rings. The number of ether oxygens (including phenoxy) is 2. The van der Waals surface area contributed by atoms with Crippen LogP contribution in [0.3, 0.4) is 0 Å². The third-order valence-electron chi connectivity index (χ3n) is 4.60. The largest absolute Gasteiger partial charge is 0.458 e. The Morgan fingerprint density at radius 2 is 2.21 bits per heavy atom. The van der Waals surface area contributed by atoms with Gasteiger partial charge in [-0.25, -0.2) is 9.78 Å². The van der Waals surface area contributed by atoms with E-state index in [1.165, 1.54) is 6.33 Å². The summed E-state index contributed by atoms with van der Waals surface area (Å²) < 4.78 is 26.5. The van der Waals surface area contributed by atoms with Crippen LogP contribution in [0.2, 0.25) is 0 Å². The van der Waals surface area contributed by atoms with Crippen LogP contribution in [-0.2, 0) is 9.47 Å². The lowest BCUT2D eigenvalue weighted by molar-refractivity contribution is -0.0679. The Bertz CT molecular complexity index is 1080. The van der Waals surface area contributed by atoms with Crippen LogP contribution in [0.5, 0.6) is 0 Å². The van der Waals surface area contributed by atoms with E-state index >= 15 is 0 Å². The van der Waals surface area contributed by atoms with Gasteiger partial charge in [-0.05, 0) is 25.0 Å². The van der Waals surface area contributed by atoms with Gasteiger partial charge >= 0.3 is 12.0 Å². The molecule has 9 heteroatoms. The van der Waals surface area contributed by atoms with Crippen molar-refractivity contribution in [3.63, 3.8) is 0 Å². The molecular formula is C19H16FN5O3. The minimum absolute atomic E-state index is 0.0562. The van der Waals surface area contributed by atoms with Crippen LogP contribution in [0.25, 0.3) is 11.2 Å². The standard InChI is InChI=1S/C19H16FN5O3/c1-2-19(10-27-17(26)12-6-4-3-5-7-12)9-8-13(28-19)25-11-22-14-15(21)23-18(20)24-16(14)25/h1,3-7,11,13H,8-10H2,(H2,21,23,24). The van der Waals surface area contributed by atoms with Gasteiger partial charge in [0, 0.05) is 0 Å². The van der Waals surface area contributed by atoms with Crippen LogP contribution in [-0.4, -0.2) is 37.7 Å². The number of carbonyl (C=O) groups excluding carboxylic acids is 1. The molecule has 1 aromatic carbocycles. The van der Waals surface area contributed by atoms with Crippen LogP contribution in [0.1, 0.15) is 29.4 Å². The Morgan fingerprint density at radius 3 is 2.96 bits per heavy atom. The molecule has 2 unspecified atom stereocenters. The Morgan fingerprint density at radius 1 is 1.43 bits per heavy atom. The fourth-order valence-electron chi connectivity index (χ4n) is 3.15. The molecule has 8 nitrogen and oxygen atoms in total. The van der Waals surface area contributed by atoms with Crippen LogP contribution in [0, 0.1) is 18.4 Å². The van der Waals surface area contributed by atoms with Gasteiger partial charge in [-0.3, -0.25) is 4.57 Å². The van der Waals surface area contributed by atoms with E-state index in [1.807, 2.05) is 0 Å². The number of benzene rings is 1. The highest BCUT2D eigenvalue weighted by atomic mass is 19.1. The number of rotatable bonds is 4. The molecule has 1 saturated heterocycles. The number of hydrogen-bond acceptors (Lipinski definition) is 7. The number of nitrogen functional groups attached to an aromatic ring is 1. The van der Waals surface area contributed by atoms with E-state index in [2.05, 4.69) is 20.9 Å². The van der Waals surface area contributed by atoms with Crippen molar-refractivity contribution < 1.29 is 18.7 Å². The second-order valence-electron chi connectivity index (χ2n) is 6.39. The molecule has 0 radical (unpaired) electrons. The second kappa shape index (κ2) is 6.90. The van der Waals surface area contributed by atoms with Gasteiger partial charge in [-0.1, -0.05) is 24.1 Å². The number of halogens is 1. The number of nitrogens with two attached hydrogens (primary N) is 1. The van der Waals surface area contributed by atoms with E-state index in [0.717, 1.165) is 0 Å². The fraction of sp³-hybridized carbons (Fsp3) is 0.263. The van der Waals surface area contributed by atoms with Crippen molar-refractivity contribution in [1.82, 2.24) is 19.5 Å². The average Bonchev–Trinajstić information content (AvgIpc) is 3.31. The van der Waals surface area contributed by atoms with Crippen molar-refractivity contribution in [2.75, 3.05) is 12.3 Å². The lowest BCUT2D eigenvalue weighted by atomic mass is 10.0. The van der Waals surface area contributed by atoms with Crippen LogP contribution >= 0.6 is 0 Å². The molecule has 2 atom stereocenters. The van der Waals surface area contributed by atoms with E-state index < -0.39 is 23.9 Å². The van der Waals surface area contributed by atoms with E-state index in [-0.39, 0.29) is 23.6 Å². The van der Waals surface area contributed by atoms with E-state index in [1.54, 1.807) is 34.9 Å². The summed E-state index contributed by atoms with van der Waals surface area (Å²) in [6.45, 7) is -0.105. The Labute approximate surface area is 159 Å². The summed E-state index contributed by atoms with van der Waals surface area (Å²) in [4.78, 5) is 23.5. The third-order valence-corrected chi connectivity index (χ3v) is 4.60. The molecule has 1 fully saturated rings. The van der Waals surface area contributed by atoms with Crippen molar-refractivity contribution in [1.29, 1.82) is 0 Å². The van der Waals surface area contributed by atoms with Gasteiger partial charge in [-0.15, -0.1) is 6.42 Å². The quantitative estimate of drug-likeness (QED) is 0.419. The summed E-state index contributed by atoms with van der Waals surface area (Å²) in [6, 6.07) is 8.59. The fourth-order valence-corrected chi connectivity index (χ4v) is 3.15. The molecule has 0 spiro atoms. The molecule has 0 bridgehead atoms. The van der Waals surface area contributed by atoms with Crippen LogP contribution < -0.4 is 5.73 Å². The number of esters is 1. The number of aromatic nitrogens is 4. The molecule has 0 aliphatic carbocycles. The highest BCUT2D eigenvalue weighted by molar-refractivity contribution is 5.89. The smallest absolute Gasteiger partial charge is 0.338 e. The number of nitrogens with zero attached hydrogens (tertiary/aromatic N) is 4. The van der Waals surface area contributed by atoms with Crippen molar-refractivity contribution >= 4 is 23.0 Å². The first-order chi connectivity index (χ1) is 13.5.